The van der Waals surface area contributed by atoms with E-state index >= 15 is 0 Å². The number of methoxy groups -OCH3 is 1. The molecule has 0 spiro atoms. The van der Waals surface area contributed by atoms with E-state index in [4.69, 9.17) is 4.74 Å². The number of carbonyl (C=O) groups is 1. The fourth-order valence-corrected chi connectivity index (χ4v) is 2.90. The fourth-order valence-electron chi connectivity index (χ4n) is 2.90. The molecule has 24 heavy (non-hydrogen) atoms. The third kappa shape index (κ3) is 2.82. The normalized spacial score (nSPS) is 11.0. The summed E-state index contributed by atoms with van der Waals surface area (Å²) in [6.07, 6.45) is 0.349. The van der Waals surface area contributed by atoms with Gasteiger partial charge in [0, 0.05) is 29.0 Å². The smallest absolute Gasteiger partial charge is 0.156 e. The number of aromatic nitrogens is 3. The van der Waals surface area contributed by atoms with Crippen LogP contribution in [0, 0.1) is 13.8 Å². The van der Waals surface area contributed by atoms with Crippen LogP contribution in [0.5, 0.6) is 5.75 Å². The molecule has 0 amide bonds. The number of hydrogen-bond donors (Lipinski definition) is 0. The van der Waals surface area contributed by atoms with E-state index in [0.29, 0.717) is 6.42 Å². The molecule has 0 saturated heterocycles. The number of carboxylic acids is 1. The first-order valence-corrected chi connectivity index (χ1v) is 7.70. The minimum absolute atomic E-state index is 0.0322. The van der Waals surface area contributed by atoms with Crippen molar-refractivity contribution in [2.75, 3.05) is 7.11 Å². The van der Waals surface area contributed by atoms with Crippen LogP contribution in [-0.2, 0) is 11.2 Å². The van der Waals surface area contributed by atoms with Crippen molar-refractivity contribution >= 4 is 11.6 Å². The molecule has 0 atom stereocenters. The van der Waals surface area contributed by atoms with Crippen molar-refractivity contribution in [1.82, 2.24) is 14.6 Å². The van der Waals surface area contributed by atoms with E-state index in [-0.39, 0.29) is 6.42 Å². The number of benzene rings is 1. The van der Waals surface area contributed by atoms with E-state index in [1.54, 1.807) is 11.6 Å². The van der Waals surface area contributed by atoms with Crippen molar-refractivity contribution in [3.63, 3.8) is 0 Å². The Morgan fingerprint density at radius 3 is 2.75 bits per heavy atom. The Labute approximate surface area is 139 Å². The van der Waals surface area contributed by atoms with Gasteiger partial charge < -0.3 is 14.6 Å². The topological polar surface area (TPSA) is 79.5 Å². The second-order valence-electron chi connectivity index (χ2n) is 5.63. The minimum atomic E-state index is -1.07. The van der Waals surface area contributed by atoms with Crippen LogP contribution in [0.2, 0.25) is 0 Å². The molecule has 0 bridgehead atoms. The molecule has 0 radical (unpaired) electrons. The zero-order chi connectivity index (χ0) is 17.3. The lowest BCUT2D eigenvalue weighted by molar-refractivity contribution is -0.305. The van der Waals surface area contributed by atoms with Crippen LogP contribution in [-0.4, -0.2) is 27.7 Å². The molecule has 2 aromatic heterocycles. The lowest BCUT2D eigenvalue weighted by Crippen LogP contribution is -2.23. The highest BCUT2D eigenvalue weighted by atomic mass is 16.5. The quantitative estimate of drug-likeness (QED) is 0.714. The zero-order valence-electron chi connectivity index (χ0n) is 13.9. The summed E-state index contributed by atoms with van der Waals surface area (Å²) in [5.74, 6) is -0.323. The second kappa shape index (κ2) is 6.31. The van der Waals surface area contributed by atoms with Crippen molar-refractivity contribution in [2.24, 2.45) is 0 Å². The van der Waals surface area contributed by atoms with Crippen LogP contribution in [0.15, 0.2) is 30.3 Å². The number of nitrogens with zero attached hydrogens (tertiary/aromatic N) is 3. The lowest BCUT2D eigenvalue weighted by atomic mass is 10.1. The van der Waals surface area contributed by atoms with Crippen LogP contribution in [0.25, 0.3) is 16.9 Å². The molecular formula is C18H18N3O3-. The van der Waals surface area contributed by atoms with Crippen LogP contribution in [0.4, 0.5) is 0 Å². The van der Waals surface area contributed by atoms with Crippen molar-refractivity contribution in [3.8, 4) is 17.0 Å². The Hall–Kier alpha value is -2.89. The standard InChI is InChI=1S/C18H19N3O3/c1-11-13(8-9-18(22)23)12(2)21-17(19-11)10-15(20-21)14-6-4-5-7-16(14)24-3/h4-7,10H,8-9H2,1-3H3,(H,22,23)/p-1. The van der Waals surface area contributed by atoms with Gasteiger partial charge in [-0.1, -0.05) is 12.1 Å². The Balaban J connectivity index is 2.11. The van der Waals surface area contributed by atoms with Gasteiger partial charge in [-0.15, -0.1) is 0 Å². The van der Waals surface area contributed by atoms with E-state index in [9.17, 15) is 9.90 Å². The molecule has 6 heteroatoms. The van der Waals surface area contributed by atoms with E-state index in [0.717, 1.165) is 39.6 Å². The maximum absolute atomic E-state index is 10.8. The Morgan fingerprint density at radius 1 is 1.29 bits per heavy atom. The molecule has 0 fully saturated rings. The fraction of sp³-hybridized carbons (Fsp3) is 0.278. The number of hydrogen-bond acceptors (Lipinski definition) is 5. The lowest BCUT2D eigenvalue weighted by Gasteiger charge is -2.11. The summed E-state index contributed by atoms with van der Waals surface area (Å²) >= 11 is 0. The number of ether oxygens (including phenoxy) is 1. The monoisotopic (exact) mass is 324 g/mol. The SMILES string of the molecule is COc1ccccc1-c1cc2nc(C)c(CCC(=O)[O-])c(C)n2n1. The summed E-state index contributed by atoms with van der Waals surface area (Å²) in [6.45, 7) is 3.80. The molecule has 124 valence electrons. The molecule has 6 nitrogen and oxygen atoms in total. The highest BCUT2D eigenvalue weighted by Crippen LogP contribution is 2.29. The van der Waals surface area contributed by atoms with Gasteiger partial charge in [-0.2, -0.15) is 5.10 Å². The van der Waals surface area contributed by atoms with Gasteiger partial charge in [0.25, 0.3) is 0 Å². The van der Waals surface area contributed by atoms with Gasteiger partial charge in [0.2, 0.25) is 0 Å². The molecule has 0 saturated carbocycles. The van der Waals surface area contributed by atoms with E-state index < -0.39 is 5.97 Å². The molecule has 1 aromatic carbocycles. The third-order valence-electron chi connectivity index (χ3n) is 4.13. The van der Waals surface area contributed by atoms with Gasteiger partial charge in [-0.05, 0) is 44.4 Å². The number of aliphatic carboxylic acids is 1. The number of aryl methyl sites for hydroxylation is 2. The highest BCUT2D eigenvalue weighted by molar-refractivity contribution is 5.70. The largest absolute Gasteiger partial charge is 0.550 e. The first-order chi connectivity index (χ1) is 11.5. The average Bonchev–Trinajstić information content (AvgIpc) is 2.98. The van der Waals surface area contributed by atoms with Gasteiger partial charge in [-0.3, -0.25) is 0 Å². The summed E-state index contributed by atoms with van der Waals surface area (Å²) < 4.78 is 7.15. The molecule has 0 aliphatic rings. The number of carboxylic acid groups (broad SMARTS) is 1. The number of carbonyl (C=O) groups excluding carboxylic acids is 1. The average molecular weight is 324 g/mol. The molecule has 2 heterocycles. The first-order valence-electron chi connectivity index (χ1n) is 7.70. The van der Waals surface area contributed by atoms with Crippen LogP contribution < -0.4 is 9.84 Å². The van der Waals surface area contributed by atoms with Gasteiger partial charge in [0.1, 0.15) is 5.75 Å². The third-order valence-corrected chi connectivity index (χ3v) is 4.13. The number of fused-ring (bicyclic) bond motifs is 1. The summed E-state index contributed by atoms with van der Waals surface area (Å²) in [5.41, 5.74) is 4.97. The van der Waals surface area contributed by atoms with Gasteiger partial charge in [0.15, 0.2) is 5.65 Å². The number of para-hydroxylation sites is 1. The minimum Gasteiger partial charge on any atom is -0.550 e. The van der Waals surface area contributed by atoms with E-state index in [2.05, 4.69) is 10.1 Å². The maximum Gasteiger partial charge on any atom is 0.156 e. The molecule has 0 N–H and O–H groups in total. The van der Waals surface area contributed by atoms with Crippen molar-refractivity contribution < 1.29 is 14.6 Å². The maximum atomic E-state index is 10.8. The van der Waals surface area contributed by atoms with E-state index in [1.807, 2.05) is 44.2 Å². The van der Waals surface area contributed by atoms with Crippen LogP contribution >= 0.6 is 0 Å². The highest BCUT2D eigenvalue weighted by Gasteiger charge is 2.14. The summed E-state index contributed by atoms with van der Waals surface area (Å²) in [7, 11) is 1.63. The van der Waals surface area contributed by atoms with E-state index in [1.165, 1.54) is 0 Å². The van der Waals surface area contributed by atoms with Crippen LogP contribution in [0.3, 0.4) is 0 Å². The second-order valence-corrected chi connectivity index (χ2v) is 5.63. The first kappa shape index (κ1) is 16.0. The van der Waals surface area contributed by atoms with Gasteiger partial charge in [-0.25, -0.2) is 9.50 Å². The Kier molecular flexibility index (Phi) is 4.20. The predicted molar refractivity (Wildman–Crippen MR) is 87.8 cm³/mol. The molecule has 0 aliphatic heterocycles. The summed E-state index contributed by atoms with van der Waals surface area (Å²) in [5, 5.41) is 15.4. The molecule has 3 aromatic rings. The molecule has 0 unspecified atom stereocenters. The van der Waals surface area contributed by atoms with Gasteiger partial charge in [0.05, 0.1) is 12.8 Å². The van der Waals surface area contributed by atoms with Crippen molar-refractivity contribution in [2.45, 2.75) is 26.7 Å². The van der Waals surface area contributed by atoms with Crippen molar-refractivity contribution in [1.29, 1.82) is 0 Å². The molecule has 0 aliphatic carbocycles. The van der Waals surface area contributed by atoms with Gasteiger partial charge >= 0.3 is 0 Å². The van der Waals surface area contributed by atoms with Crippen LogP contribution in [0.1, 0.15) is 23.4 Å². The predicted octanol–water partition coefficient (Wildman–Crippen LogP) is 1.70. The Morgan fingerprint density at radius 2 is 2.04 bits per heavy atom. The molecular weight excluding hydrogens is 306 g/mol. The molecule has 3 rings (SSSR count). The number of rotatable bonds is 5. The zero-order valence-corrected chi connectivity index (χ0v) is 13.9. The summed E-state index contributed by atoms with van der Waals surface area (Å²) in [4.78, 5) is 15.3. The van der Waals surface area contributed by atoms with Crippen molar-refractivity contribution in [3.05, 3.63) is 47.3 Å². The summed E-state index contributed by atoms with van der Waals surface area (Å²) in [6, 6.07) is 9.57. The Bertz CT molecular complexity index is 915.